The zero-order chi connectivity index (χ0) is 17.6. The summed E-state index contributed by atoms with van der Waals surface area (Å²) in [7, 11) is 0.188. The molecule has 0 amide bonds. The van der Waals surface area contributed by atoms with E-state index in [-0.39, 0.29) is 12.2 Å². The lowest BCUT2D eigenvalue weighted by Crippen LogP contribution is -2.41. The highest BCUT2D eigenvalue weighted by molar-refractivity contribution is 6.83. The predicted octanol–water partition coefficient (Wildman–Crippen LogP) is 3.91. The van der Waals surface area contributed by atoms with Gasteiger partial charge in [-0.2, -0.15) is 0 Å². The average Bonchev–Trinajstić information content (AvgIpc) is 2.55. The molecule has 0 saturated carbocycles. The molecule has 2 rings (SSSR count). The van der Waals surface area contributed by atoms with Gasteiger partial charge >= 0.3 is 0 Å². The molecule has 0 aliphatic carbocycles. The van der Waals surface area contributed by atoms with Gasteiger partial charge in [0.2, 0.25) is 0 Å². The van der Waals surface area contributed by atoms with E-state index in [0.717, 1.165) is 11.3 Å². The van der Waals surface area contributed by atoms with Gasteiger partial charge in [0.1, 0.15) is 26.0 Å². The van der Waals surface area contributed by atoms with Gasteiger partial charge in [0, 0.05) is 5.56 Å². The average molecular weight is 346 g/mol. The molecule has 1 aromatic carbocycles. The number of benzene rings is 1. The maximum absolute atomic E-state index is 6.07. The molecule has 1 aromatic rings. The zero-order valence-corrected chi connectivity index (χ0v) is 15.9. The van der Waals surface area contributed by atoms with Crippen molar-refractivity contribution >= 4 is 8.07 Å². The Balaban J connectivity index is 2.03. The molecule has 0 bridgehead atoms. The smallest absolute Gasteiger partial charge is 0.184 e. The van der Waals surface area contributed by atoms with Crippen molar-refractivity contribution in [2.45, 2.75) is 44.6 Å². The molecule has 0 aromatic heterocycles. The second-order valence-corrected chi connectivity index (χ2v) is 11.5. The van der Waals surface area contributed by atoms with Gasteiger partial charge in [0.15, 0.2) is 12.4 Å². The van der Waals surface area contributed by atoms with Gasteiger partial charge in [0.05, 0.1) is 13.7 Å². The highest BCUT2D eigenvalue weighted by Crippen LogP contribution is 2.30. The molecule has 1 saturated heterocycles. The van der Waals surface area contributed by atoms with E-state index in [0.29, 0.717) is 13.0 Å². The van der Waals surface area contributed by atoms with Gasteiger partial charge in [-0.15, -0.1) is 6.58 Å². The van der Waals surface area contributed by atoms with Gasteiger partial charge < -0.3 is 18.9 Å². The van der Waals surface area contributed by atoms with E-state index in [1.807, 2.05) is 30.3 Å². The van der Waals surface area contributed by atoms with Crippen molar-refractivity contribution in [1.82, 2.24) is 0 Å². The van der Waals surface area contributed by atoms with E-state index in [2.05, 4.69) is 37.9 Å². The van der Waals surface area contributed by atoms with Gasteiger partial charge in [-0.1, -0.05) is 43.4 Å². The Kier molecular flexibility index (Phi) is 6.49. The van der Waals surface area contributed by atoms with Crippen LogP contribution in [-0.2, 0) is 14.2 Å². The highest BCUT2D eigenvalue weighted by Gasteiger charge is 2.33. The second kappa shape index (κ2) is 8.38. The minimum Gasteiger partial charge on any atom is -0.497 e. The molecule has 130 valence electrons. The number of hydrogen-bond donors (Lipinski definition) is 0. The third-order valence-corrected chi connectivity index (χ3v) is 4.40. The summed E-state index contributed by atoms with van der Waals surface area (Å²) in [5.74, 6) is 0.806. The Hall–Kier alpha value is -1.74. The number of hydrogen-bond acceptors (Lipinski definition) is 4. The van der Waals surface area contributed by atoms with Crippen molar-refractivity contribution in [2.75, 3.05) is 13.7 Å². The summed E-state index contributed by atoms with van der Waals surface area (Å²) in [5.41, 5.74) is 4.16. The van der Waals surface area contributed by atoms with Crippen LogP contribution in [0.3, 0.4) is 0 Å². The number of methoxy groups -OCH3 is 1. The summed E-state index contributed by atoms with van der Waals surface area (Å²) in [4.78, 5) is 0. The first-order chi connectivity index (χ1) is 11.4. The van der Waals surface area contributed by atoms with Crippen LogP contribution < -0.4 is 4.74 Å². The van der Waals surface area contributed by atoms with Crippen molar-refractivity contribution in [1.29, 1.82) is 0 Å². The molecule has 0 N–H and O–H groups in total. The predicted molar refractivity (Wildman–Crippen MR) is 97.4 cm³/mol. The monoisotopic (exact) mass is 346 g/mol. The van der Waals surface area contributed by atoms with Crippen molar-refractivity contribution in [2.24, 2.45) is 0 Å². The van der Waals surface area contributed by atoms with Crippen LogP contribution in [-0.4, -0.2) is 34.0 Å². The molecule has 1 aliphatic rings. The summed E-state index contributed by atoms with van der Waals surface area (Å²) < 4.78 is 22.8. The Morgan fingerprint density at radius 2 is 2.00 bits per heavy atom. The molecule has 24 heavy (non-hydrogen) atoms. The fourth-order valence-electron chi connectivity index (χ4n) is 2.25. The molecule has 1 heterocycles. The van der Waals surface area contributed by atoms with Crippen molar-refractivity contribution in [3.8, 4) is 17.4 Å². The van der Waals surface area contributed by atoms with Crippen LogP contribution >= 0.6 is 0 Å². The maximum Gasteiger partial charge on any atom is 0.184 e. The molecule has 0 unspecified atom stereocenters. The van der Waals surface area contributed by atoms with Crippen LogP contribution in [0.5, 0.6) is 5.75 Å². The highest BCUT2D eigenvalue weighted by atomic mass is 28.3. The lowest BCUT2D eigenvalue weighted by atomic mass is 10.1. The normalized spacial score (nSPS) is 23.8. The molecule has 3 atom stereocenters. The molecule has 0 spiro atoms. The molecular weight excluding hydrogens is 320 g/mol. The molecular formula is C19H26O4Si. The lowest BCUT2D eigenvalue weighted by Gasteiger charge is -2.35. The van der Waals surface area contributed by atoms with Crippen LogP contribution in [0.25, 0.3) is 0 Å². The quantitative estimate of drug-likeness (QED) is 0.460. The van der Waals surface area contributed by atoms with E-state index in [1.165, 1.54) is 0 Å². The molecule has 4 nitrogen and oxygen atoms in total. The summed E-state index contributed by atoms with van der Waals surface area (Å²) >= 11 is 0. The van der Waals surface area contributed by atoms with Crippen LogP contribution in [0.1, 0.15) is 18.3 Å². The number of ether oxygens (including phenoxy) is 4. The molecule has 1 aliphatic heterocycles. The summed E-state index contributed by atoms with van der Waals surface area (Å²) in [5, 5.41) is 0. The molecule has 1 fully saturated rings. The first-order valence-corrected chi connectivity index (χ1v) is 11.6. The van der Waals surface area contributed by atoms with Gasteiger partial charge in [0.25, 0.3) is 0 Å². The Morgan fingerprint density at radius 3 is 2.58 bits per heavy atom. The van der Waals surface area contributed by atoms with Crippen LogP contribution in [0.15, 0.2) is 36.9 Å². The molecule has 0 radical (unpaired) electrons. The lowest BCUT2D eigenvalue weighted by molar-refractivity contribution is -0.254. The SMILES string of the molecule is C=CC[C@@H]1O[C@H](c2ccc(OC)cc2)OC[C@H]1OC#C[Si](C)(C)C. The van der Waals surface area contributed by atoms with Crippen molar-refractivity contribution in [3.05, 3.63) is 42.5 Å². The Morgan fingerprint density at radius 1 is 1.29 bits per heavy atom. The zero-order valence-electron chi connectivity index (χ0n) is 14.9. The summed E-state index contributed by atoms with van der Waals surface area (Å²) in [6.07, 6.45) is 4.64. The van der Waals surface area contributed by atoms with Crippen molar-refractivity contribution in [3.63, 3.8) is 0 Å². The largest absolute Gasteiger partial charge is 0.497 e. The maximum atomic E-state index is 6.07. The summed E-state index contributed by atoms with van der Waals surface area (Å²) in [6.45, 7) is 10.8. The summed E-state index contributed by atoms with van der Waals surface area (Å²) in [6, 6.07) is 7.68. The third kappa shape index (κ3) is 5.41. The second-order valence-electron chi connectivity index (χ2n) is 6.77. The molecule has 5 heteroatoms. The first-order valence-electron chi connectivity index (χ1n) is 8.12. The minimum absolute atomic E-state index is 0.126. The van der Waals surface area contributed by atoms with Crippen molar-refractivity contribution < 1.29 is 18.9 Å². The fraction of sp³-hybridized carbons (Fsp3) is 0.474. The van der Waals surface area contributed by atoms with Crippen LogP contribution in [0.2, 0.25) is 19.6 Å². The number of rotatable bonds is 5. The van der Waals surface area contributed by atoms with E-state index in [4.69, 9.17) is 18.9 Å². The van der Waals surface area contributed by atoms with Gasteiger partial charge in [-0.25, -0.2) is 0 Å². The van der Waals surface area contributed by atoms with Gasteiger partial charge in [-0.05, 0) is 18.6 Å². The van der Waals surface area contributed by atoms with E-state index >= 15 is 0 Å². The van der Waals surface area contributed by atoms with E-state index in [9.17, 15) is 0 Å². The first kappa shape index (κ1) is 18.6. The van der Waals surface area contributed by atoms with E-state index in [1.54, 1.807) is 7.11 Å². The fourth-order valence-corrected chi connectivity index (χ4v) is 2.62. The minimum atomic E-state index is -1.46. The Bertz CT molecular complexity index is 595. The van der Waals surface area contributed by atoms with Crippen LogP contribution in [0.4, 0.5) is 0 Å². The van der Waals surface area contributed by atoms with E-state index < -0.39 is 14.4 Å². The Labute approximate surface area is 145 Å². The van der Waals surface area contributed by atoms with Crippen LogP contribution in [0, 0.1) is 11.7 Å². The topological polar surface area (TPSA) is 36.9 Å². The van der Waals surface area contributed by atoms with Gasteiger partial charge in [-0.3, -0.25) is 0 Å². The standard InChI is InChI=1S/C19H26O4Si/c1-6-7-17-18(21-12-13-24(3,4)5)14-22-19(23-17)15-8-10-16(20-2)11-9-15/h6,8-11,17-19H,1,7,14H2,2-5H3/t17-,18+,19+/m0/s1. The third-order valence-electron chi connectivity index (χ3n) is 3.55.